The fourth-order valence-electron chi connectivity index (χ4n) is 2.22. The number of nitrogens with one attached hydrogen (secondary N) is 1. The Labute approximate surface area is 166 Å². The first kappa shape index (κ1) is 18.6. The van der Waals surface area contributed by atoms with Crippen molar-refractivity contribution in [2.75, 3.05) is 11.9 Å². The van der Waals surface area contributed by atoms with E-state index >= 15 is 0 Å². The largest absolute Gasteiger partial charge is 0.325 e. The molecule has 1 fully saturated rings. The van der Waals surface area contributed by atoms with Crippen LogP contribution in [0.1, 0.15) is 5.56 Å². The minimum Gasteiger partial charge on any atom is -0.325 e. The fraction of sp³-hybridized carbons (Fsp3) is 0.0556. The predicted molar refractivity (Wildman–Crippen MR) is 107 cm³/mol. The summed E-state index contributed by atoms with van der Waals surface area (Å²) >= 11 is 2.97. The third-order valence-corrected chi connectivity index (χ3v) is 5.10. The topological polar surface area (TPSA) is 66.5 Å². The summed E-state index contributed by atoms with van der Waals surface area (Å²) in [6.07, 6.45) is 1.62. The number of hydrogen-bond acceptors (Lipinski definition) is 4. The number of anilines is 1. The molecule has 0 aromatic heterocycles. The summed E-state index contributed by atoms with van der Waals surface area (Å²) in [5, 5.41) is 2.03. The van der Waals surface area contributed by atoms with E-state index in [0.717, 1.165) is 25.8 Å². The van der Waals surface area contributed by atoms with Crippen LogP contribution in [0.3, 0.4) is 0 Å². The lowest BCUT2D eigenvalue weighted by atomic mass is 10.2. The molecule has 0 aliphatic carbocycles. The van der Waals surface area contributed by atoms with Crippen LogP contribution in [0.2, 0.25) is 0 Å². The molecule has 2 aromatic rings. The van der Waals surface area contributed by atoms with Crippen molar-refractivity contribution >= 4 is 63.2 Å². The van der Waals surface area contributed by atoms with Gasteiger partial charge in [0.2, 0.25) is 5.91 Å². The highest BCUT2D eigenvalue weighted by atomic mass is 127. The lowest BCUT2D eigenvalue weighted by Crippen LogP contribution is -2.36. The van der Waals surface area contributed by atoms with Crippen molar-refractivity contribution in [1.82, 2.24) is 4.90 Å². The molecule has 8 heteroatoms. The van der Waals surface area contributed by atoms with E-state index < -0.39 is 29.4 Å². The lowest BCUT2D eigenvalue weighted by molar-refractivity contribution is -0.127. The number of benzene rings is 2. The van der Waals surface area contributed by atoms with Crippen molar-refractivity contribution in [2.24, 2.45) is 0 Å². The van der Waals surface area contributed by atoms with Crippen LogP contribution >= 0.6 is 34.4 Å². The Balaban J connectivity index is 1.67. The molecular formula is C18H12FIN2O3S. The number of nitrogens with zero attached hydrogens (tertiary/aromatic N) is 1. The van der Waals surface area contributed by atoms with Crippen LogP contribution in [0.4, 0.5) is 14.9 Å². The van der Waals surface area contributed by atoms with Crippen molar-refractivity contribution < 1.29 is 18.8 Å². The molecule has 1 N–H and O–H groups in total. The van der Waals surface area contributed by atoms with Gasteiger partial charge in [-0.15, -0.1) is 0 Å². The molecule has 0 radical (unpaired) electrons. The molecule has 3 amide bonds. The van der Waals surface area contributed by atoms with Crippen LogP contribution < -0.4 is 5.32 Å². The molecule has 0 spiro atoms. The van der Waals surface area contributed by atoms with Crippen LogP contribution in [0.25, 0.3) is 6.08 Å². The van der Waals surface area contributed by atoms with Gasteiger partial charge in [0.25, 0.3) is 11.1 Å². The van der Waals surface area contributed by atoms with Gasteiger partial charge in [0.15, 0.2) is 0 Å². The number of imide groups is 1. The lowest BCUT2D eigenvalue weighted by Gasteiger charge is -2.12. The van der Waals surface area contributed by atoms with Gasteiger partial charge in [-0.2, -0.15) is 0 Å². The molecule has 0 atom stereocenters. The van der Waals surface area contributed by atoms with E-state index in [1.807, 2.05) is 24.3 Å². The summed E-state index contributed by atoms with van der Waals surface area (Å²) in [4.78, 5) is 37.7. The highest BCUT2D eigenvalue weighted by molar-refractivity contribution is 14.1. The van der Waals surface area contributed by atoms with Crippen LogP contribution in [0.15, 0.2) is 53.4 Å². The average Bonchev–Trinajstić information content (AvgIpc) is 2.86. The number of carbonyl (C=O) groups is 3. The third kappa shape index (κ3) is 4.50. The van der Waals surface area contributed by atoms with Crippen LogP contribution in [-0.2, 0) is 9.59 Å². The SMILES string of the molecule is O=C(CN1C(=O)S/C(=C\c2ccc(I)cc2)C1=O)Nc1ccc(F)cc1. The van der Waals surface area contributed by atoms with Gasteiger partial charge in [-0.05, 0) is 82.4 Å². The monoisotopic (exact) mass is 482 g/mol. The first-order valence-corrected chi connectivity index (χ1v) is 9.38. The van der Waals surface area contributed by atoms with Gasteiger partial charge in [-0.25, -0.2) is 4.39 Å². The Morgan fingerprint density at radius 2 is 1.77 bits per heavy atom. The van der Waals surface area contributed by atoms with Gasteiger partial charge in [0.1, 0.15) is 12.4 Å². The fourth-order valence-corrected chi connectivity index (χ4v) is 3.42. The van der Waals surface area contributed by atoms with Gasteiger partial charge in [-0.3, -0.25) is 19.3 Å². The number of halogens is 2. The molecule has 2 aromatic carbocycles. The quantitative estimate of drug-likeness (QED) is 0.527. The van der Waals surface area contributed by atoms with Crippen LogP contribution in [-0.4, -0.2) is 28.5 Å². The molecule has 132 valence electrons. The second-order valence-corrected chi connectivity index (χ2v) is 7.61. The number of hydrogen-bond donors (Lipinski definition) is 1. The molecule has 0 unspecified atom stereocenters. The van der Waals surface area contributed by atoms with Crippen molar-refractivity contribution in [2.45, 2.75) is 0 Å². The van der Waals surface area contributed by atoms with Gasteiger partial charge >= 0.3 is 0 Å². The van der Waals surface area contributed by atoms with Crippen molar-refractivity contribution in [1.29, 1.82) is 0 Å². The maximum Gasteiger partial charge on any atom is 0.294 e. The summed E-state index contributed by atoms with van der Waals surface area (Å²) in [5.74, 6) is -1.46. The summed E-state index contributed by atoms with van der Waals surface area (Å²) < 4.78 is 13.9. The zero-order valence-electron chi connectivity index (χ0n) is 13.2. The summed E-state index contributed by atoms with van der Waals surface area (Å²) in [6.45, 7) is -0.397. The standard InChI is InChI=1S/C18H12FIN2O3S/c19-12-3-7-14(8-4-12)21-16(23)10-22-17(24)15(26-18(22)25)9-11-1-5-13(20)6-2-11/h1-9H,10H2,(H,21,23)/b15-9-. The van der Waals surface area contributed by atoms with Crippen LogP contribution in [0.5, 0.6) is 0 Å². The number of amides is 3. The second-order valence-electron chi connectivity index (χ2n) is 5.37. The van der Waals surface area contributed by atoms with E-state index in [4.69, 9.17) is 0 Å². The van der Waals surface area contributed by atoms with Crippen molar-refractivity contribution in [3.63, 3.8) is 0 Å². The molecule has 5 nitrogen and oxygen atoms in total. The Kier molecular flexibility index (Phi) is 5.72. The Bertz CT molecular complexity index is 898. The molecule has 1 saturated heterocycles. The second kappa shape index (κ2) is 8.00. The van der Waals surface area contributed by atoms with Gasteiger partial charge in [0, 0.05) is 9.26 Å². The Morgan fingerprint density at radius 1 is 1.12 bits per heavy atom. The molecule has 0 bridgehead atoms. The summed E-state index contributed by atoms with van der Waals surface area (Å²) in [6, 6.07) is 12.7. The minimum atomic E-state index is -0.533. The molecule has 26 heavy (non-hydrogen) atoms. The maximum absolute atomic E-state index is 12.9. The van der Waals surface area contributed by atoms with Gasteiger partial charge in [0.05, 0.1) is 4.91 Å². The molecule has 1 aliphatic rings. The maximum atomic E-state index is 12.9. The van der Waals surface area contributed by atoms with E-state index in [1.165, 1.54) is 24.3 Å². The average molecular weight is 482 g/mol. The summed E-state index contributed by atoms with van der Waals surface area (Å²) in [7, 11) is 0. The highest BCUT2D eigenvalue weighted by Crippen LogP contribution is 2.32. The van der Waals surface area contributed by atoms with Gasteiger partial charge in [-0.1, -0.05) is 12.1 Å². The predicted octanol–water partition coefficient (Wildman–Crippen LogP) is 4.11. The van der Waals surface area contributed by atoms with E-state index in [-0.39, 0.29) is 4.91 Å². The molecule has 1 heterocycles. The number of thioether (sulfide) groups is 1. The van der Waals surface area contributed by atoms with E-state index in [0.29, 0.717) is 5.69 Å². The minimum absolute atomic E-state index is 0.269. The van der Waals surface area contributed by atoms with Crippen molar-refractivity contribution in [3.8, 4) is 0 Å². The zero-order valence-corrected chi connectivity index (χ0v) is 16.2. The molecule has 3 rings (SSSR count). The molecule has 1 aliphatic heterocycles. The zero-order chi connectivity index (χ0) is 18.7. The third-order valence-electron chi connectivity index (χ3n) is 3.47. The molecular weight excluding hydrogens is 470 g/mol. The smallest absolute Gasteiger partial charge is 0.294 e. The van der Waals surface area contributed by atoms with E-state index in [1.54, 1.807) is 6.08 Å². The number of rotatable bonds is 4. The van der Waals surface area contributed by atoms with E-state index in [2.05, 4.69) is 27.9 Å². The van der Waals surface area contributed by atoms with E-state index in [9.17, 15) is 18.8 Å². The van der Waals surface area contributed by atoms with Crippen molar-refractivity contribution in [3.05, 3.63) is 68.4 Å². The normalized spacial score (nSPS) is 15.6. The first-order valence-electron chi connectivity index (χ1n) is 7.49. The molecule has 0 saturated carbocycles. The highest BCUT2D eigenvalue weighted by Gasteiger charge is 2.36. The Hall–Kier alpha value is -2.20. The van der Waals surface area contributed by atoms with Gasteiger partial charge < -0.3 is 5.32 Å². The summed E-state index contributed by atoms with van der Waals surface area (Å²) in [5.41, 5.74) is 1.18. The number of carbonyl (C=O) groups excluding carboxylic acids is 3. The van der Waals surface area contributed by atoms with Crippen LogP contribution in [0, 0.1) is 9.39 Å². The first-order chi connectivity index (χ1) is 12.4. The Morgan fingerprint density at radius 3 is 2.42 bits per heavy atom.